The molecule has 2 unspecified atom stereocenters. The number of aromatic nitrogens is 3. The highest BCUT2D eigenvalue weighted by molar-refractivity contribution is 7.18. The smallest absolute Gasteiger partial charge is 0.216 e. The van der Waals surface area contributed by atoms with Gasteiger partial charge in [-0.1, -0.05) is 17.4 Å². The van der Waals surface area contributed by atoms with Crippen molar-refractivity contribution < 1.29 is 18.6 Å². The third-order valence-corrected chi connectivity index (χ3v) is 8.00. The molecular formula is C24H25F2N5O2S. The van der Waals surface area contributed by atoms with Crippen LogP contribution in [0.15, 0.2) is 30.3 Å². The van der Waals surface area contributed by atoms with Crippen LogP contribution in [-0.2, 0) is 0 Å². The summed E-state index contributed by atoms with van der Waals surface area (Å²) in [5, 5.41) is 24.2. The minimum atomic E-state index is -0.933. The fraction of sp³-hybridized carbons (Fsp3) is 0.458. The standard InChI is InChI=1S/C24H25F2N5O2S/c1-33-21-10-13(9-20(25)28-21)12-2-6-16(19(32)8-12)23-29-30-24(34-23)31(15-4-5-15)18-11-14-3-7-17(27-14)22(18)26/h2,6,8-10,14-15,17-18,22,27,32H,3-5,7,11H2,1H3/t14?,17?,18-,22+/m0/s1. The zero-order chi connectivity index (χ0) is 23.4. The fourth-order valence-corrected chi connectivity index (χ4v) is 6.24. The Kier molecular flexibility index (Phi) is 5.37. The molecule has 10 heteroatoms. The van der Waals surface area contributed by atoms with Gasteiger partial charge in [0.25, 0.3) is 0 Å². The number of rotatable bonds is 6. The predicted molar refractivity (Wildman–Crippen MR) is 125 cm³/mol. The zero-order valence-corrected chi connectivity index (χ0v) is 19.4. The van der Waals surface area contributed by atoms with Crippen LogP contribution >= 0.6 is 11.3 Å². The van der Waals surface area contributed by atoms with E-state index >= 15 is 4.39 Å². The van der Waals surface area contributed by atoms with Gasteiger partial charge in [-0.2, -0.15) is 9.37 Å². The molecule has 7 nitrogen and oxygen atoms in total. The van der Waals surface area contributed by atoms with Crippen molar-refractivity contribution in [2.24, 2.45) is 0 Å². The van der Waals surface area contributed by atoms with Gasteiger partial charge in [0, 0.05) is 30.3 Å². The summed E-state index contributed by atoms with van der Waals surface area (Å²) < 4.78 is 34.2. The van der Waals surface area contributed by atoms with Crippen molar-refractivity contribution >= 4 is 16.5 Å². The Bertz CT molecular complexity index is 1220. The number of nitrogens with zero attached hydrogens (tertiary/aromatic N) is 4. The number of pyridine rings is 1. The lowest BCUT2D eigenvalue weighted by molar-refractivity contribution is 0.172. The Balaban J connectivity index is 1.29. The van der Waals surface area contributed by atoms with E-state index in [1.165, 1.54) is 24.5 Å². The summed E-state index contributed by atoms with van der Waals surface area (Å²) in [7, 11) is 1.42. The highest BCUT2D eigenvalue weighted by atomic mass is 32.1. The normalized spacial score (nSPS) is 26.0. The zero-order valence-electron chi connectivity index (χ0n) is 18.6. The molecule has 3 aromatic rings. The molecule has 34 heavy (non-hydrogen) atoms. The molecule has 0 amide bonds. The first-order chi connectivity index (χ1) is 16.5. The molecule has 0 spiro atoms. The molecule has 2 N–H and O–H groups in total. The molecule has 1 saturated carbocycles. The van der Waals surface area contributed by atoms with Gasteiger partial charge in [-0.3, -0.25) is 0 Å². The summed E-state index contributed by atoms with van der Waals surface area (Å²) in [5.41, 5.74) is 1.70. The van der Waals surface area contributed by atoms with E-state index in [0.717, 1.165) is 32.1 Å². The van der Waals surface area contributed by atoms with E-state index in [9.17, 15) is 9.50 Å². The van der Waals surface area contributed by atoms with Gasteiger partial charge in [0.05, 0.1) is 18.7 Å². The van der Waals surface area contributed by atoms with Gasteiger partial charge < -0.3 is 20.1 Å². The molecule has 2 aromatic heterocycles. The molecule has 178 valence electrons. The largest absolute Gasteiger partial charge is 0.507 e. The number of benzene rings is 1. The van der Waals surface area contributed by atoms with Crippen LogP contribution in [-0.4, -0.2) is 57.7 Å². The fourth-order valence-electron chi connectivity index (χ4n) is 5.23. The Morgan fingerprint density at radius 3 is 2.74 bits per heavy atom. The van der Waals surface area contributed by atoms with Gasteiger partial charge in [0.1, 0.15) is 11.9 Å². The summed E-state index contributed by atoms with van der Waals surface area (Å²) >= 11 is 1.37. The molecule has 2 saturated heterocycles. The summed E-state index contributed by atoms with van der Waals surface area (Å²) in [6.45, 7) is 0. The maximum atomic E-state index is 15.3. The van der Waals surface area contributed by atoms with Gasteiger partial charge in [-0.25, -0.2) is 4.39 Å². The average Bonchev–Trinajstić information content (AvgIpc) is 3.40. The third-order valence-electron chi connectivity index (χ3n) is 7.03. The molecule has 1 aliphatic carbocycles. The van der Waals surface area contributed by atoms with E-state index in [0.29, 0.717) is 38.9 Å². The lowest BCUT2D eigenvalue weighted by Crippen LogP contribution is -2.57. The van der Waals surface area contributed by atoms with Gasteiger partial charge in [0.2, 0.25) is 17.0 Å². The monoisotopic (exact) mass is 485 g/mol. The van der Waals surface area contributed by atoms with Crippen LogP contribution in [0.4, 0.5) is 13.9 Å². The number of methoxy groups -OCH3 is 1. The molecule has 4 heterocycles. The Morgan fingerprint density at radius 2 is 1.97 bits per heavy atom. The number of alkyl halides is 1. The lowest BCUT2D eigenvalue weighted by atomic mass is 9.96. The summed E-state index contributed by atoms with van der Waals surface area (Å²) in [4.78, 5) is 5.81. The number of piperidine rings is 1. The van der Waals surface area contributed by atoms with E-state index in [2.05, 4.69) is 25.4 Å². The first-order valence-electron chi connectivity index (χ1n) is 11.6. The van der Waals surface area contributed by atoms with Gasteiger partial charge in [-0.05, 0) is 55.4 Å². The van der Waals surface area contributed by atoms with Crippen molar-refractivity contribution in [2.75, 3.05) is 12.0 Å². The first kappa shape index (κ1) is 21.7. The van der Waals surface area contributed by atoms with Gasteiger partial charge in [-0.15, -0.1) is 10.2 Å². The van der Waals surface area contributed by atoms with Crippen molar-refractivity contribution in [3.63, 3.8) is 0 Å². The number of aromatic hydroxyl groups is 1. The van der Waals surface area contributed by atoms with Crippen molar-refractivity contribution in [3.8, 4) is 33.3 Å². The van der Waals surface area contributed by atoms with Crippen molar-refractivity contribution in [3.05, 3.63) is 36.3 Å². The molecule has 3 aliphatic rings. The SMILES string of the molecule is COc1cc(-c2ccc(-c3nnc(N(C4CC4)[C@H]4CC5CCC(N5)[C@H]4F)s3)c(O)c2)cc(F)n1. The maximum Gasteiger partial charge on any atom is 0.216 e. The second kappa shape index (κ2) is 8.42. The van der Waals surface area contributed by atoms with E-state index in [1.807, 2.05) is 0 Å². The molecule has 0 radical (unpaired) electrons. The van der Waals surface area contributed by atoms with Crippen LogP contribution in [0.1, 0.15) is 32.1 Å². The van der Waals surface area contributed by atoms with Gasteiger partial charge in [0.15, 0.2) is 5.01 Å². The molecule has 6 rings (SSSR count). The summed E-state index contributed by atoms with van der Waals surface area (Å²) in [6, 6.07) is 8.37. The number of ether oxygens (including phenoxy) is 1. The van der Waals surface area contributed by atoms with Crippen LogP contribution in [0.5, 0.6) is 11.6 Å². The minimum Gasteiger partial charge on any atom is -0.507 e. The van der Waals surface area contributed by atoms with Crippen molar-refractivity contribution in [1.29, 1.82) is 0 Å². The Morgan fingerprint density at radius 1 is 1.12 bits per heavy atom. The Labute approximate surface area is 199 Å². The van der Waals surface area contributed by atoms with E-state index < -0.39 is 12.1 Å². The number of hydrogen-bond acceptors (Lipinski definition) is 8. The summed E-state index contributed by atoms with van der Waals surface area (Å²) in [6.07, 6.45) is 3.82. The second-order valence-corrected chi connectivity index (χ2v) is 10.2. The van der Waals surface area contributed by atoms with E-state index in [-0.39, 0.29) is 23.7 Å². The second-order valence-electron chi connectivity index (χ2n) is 9.28. The van der Waals surface area contributed by atoms with Crippen LogP contribution in [0.2, 0.25) is 0 Å². The predicted octanol–water partition coefficient (Wildman–Crippen LogP) is 4.32. The molecule has 1 aromatic carbocycles. The maximum absolute atomic E-state index is 15.3. The topological polar surface area (TPSA) is 83.4 Å². The quantitative estimate of drug-likeness (QED) is 0.503. The molecule has 3 fully saturated rings. The van der Waals surface area contributed by atoms with Gasteiger partial charge >= 0.3 is 0 Å². The van der Waals surface area contributed by atoms with E-state index in [4.69, 9.17) is 4.74 Å². The van der Waals surface area contributed by atoms with Crippen molar-refractivity contribution in [2.45, 2.75) is 62.4 Å². The average molecular weight is 486 g/mol. The summed E-state index contributed by atoms with van der Waals surface area (Å²) in [5.74, 6) is -0.494. The molecule has 2 aliphatic heterocycles. The third kappa shape index (κ3) is 3.88. The number of hydrogen-bond donors (Lipinski definition) is 2. The minimum absolute atomic E-state index is 0.0117. The highest BCUT2D eigenvalue weighted by Gasteiger charge is 2.48. The number of fused-ring (bicyclic) bond motifs is 2. The molecule has 2 bridgehead atoms. The van der Waals surface area contributed by atoms with Crippen molar-refractivity contribution in [1.82, 2.24) is 20.5 Å². The van der Waals surface area contributed by atoms with Crippen LogP contribution in [0, 0.1) is 5.95 Å². The van der Waals surface area contributed by atoms with E-state index in [1.54, 1.807) is 24.3 Å². The first-order valence-corrected chi connectivity index (χ1v) is 12.4. The molecule has 4 atom stereocenters. The van der Waals surface area contributed by atoms with Crippen LogP contribution in [0.25, 0.3) is 21.7 Å². The molecular weight excluding hydrogens is 460 g/mol. The number of nitrogens with one attached hydrogen (secondary N) is 1. The lowest BCUT2D eigenvalue weighted by Gasteiger charge is -2.40. The van der Waals surface area contributed by atoms with Crippen LogP contribution in [0.3, 0.4) is 0 Å². The Hall–Kier alpha value is -2.85. The van der Waals surface area contributed by atoms with Crippen LogP contribution < -0.4 is 15.0 Å². The number of anilines is 1. The highest BCUT2D eigenvalue weighted by Crippen LogP contribution is 2.44. The number of phenols is 1. The number of phenolic OH excluding ortho intramolecular Hbond substituents is 1. The number of halogens is 2.